The van der Waals surface area contributed by atoms with E-state index in [-0.39, 0.29) is 0 Å². The molecule has 0 aliphatic carbocycles. The molecule has 2 aromatic carbocycles. The normalized spacial score (nSPS) is 10.8. The van der Waals surface area contributed by atoms with Crippen LogP contribution in [-0.2, 0) is 0 Å². The van der Waals surface area contributed by atoms with Gasteiger partial charge in [0, 0.05) is 16.6 Å². The molecule has 0 saturated heterocycles. The summed E-state index contributed by atoms with van der Waals surface area (Å²) in [7, 11) is 1.64. The number of hydrogen-bond acceptors (Lipinski definition) is 4. The third-order valence-electron chi connectivity index (χ3n) is 3.76. The van der Waals surface area contributed by atoms with E-state index in [1.165, 1.54) is 0 Å². The Morgan fingerprint density at radius 1 is 0.913 bits per heavy atom. The molecule has 4 aromatic rings. The second-order valence-corrected chi connectivity index (χ2v) is 5.16. The van der Waals surface area contributed by atoms with Crippen LogP contribution < -0.4 is 4.74 Å². The first-order chi connectivity index (χ1) is 11.3. The zero-order valence-corrected chi connectivity index (χ0v) is 12.5. The van der Waals surface area contributed by atoms with Crippen molar-refractivity contribution in [1.29, 1.82) is 0 Å². The zero-order chi connectivity index (χ0) is 15.6. The van der Waals surface area contributed by atoms with Crippen LogP contribution in [0.3, 0.4) is 0 Å². The van der Waals surface area contributed by atoms with Gasteiger partial charge in [0.2, 0.25) is 5.88 Å². The van der Waals surface area contributed by atoms with Crippen molar-refractivity contribution < 1.29 is 4.74 Å². The van der Waals surface area contributed by atoms with Crippen LogP contribution in [0.15, 0.2) is 67.3 Å². The first-order valence-electron chi connectivity index (χ1n) is 7.24. The lowest BCUT2D eigenvalue weighted by molar-refractivity contribution is 0.401. The summed E-state index contributed by atoms with van der Waals surface area (Å²) in [5, 5.41) is 8.78. The molecule has 2 heterocycles. The van der Waals surface area contributed by atoms with Crippen LogP contribution in [0.1, 0.15) is 0 Å². The third-order valence-corrected chi connectivity index (χ3v) is 3.76. The highest BCUT2D eigenvalue weighted by atomic mass is 16.5. The minimum absolute atomic E-state index is 0.615. The van der Waals surface area contributed by atoms with E-state index in [1.807, 2.05) is 41.0 Å². The summed E-state index contributed by atoms with van der Waals surface area (Å²) in [4.78, 5) is 4.61. The molecule has 0 N–H and O–H groups in total. The molecule has 0 aliphatic rings. The van der Waals surface area contributed by atoms with Gasteiger partial charge in [-0.15, -0.1) is 10.2 Å². The van der Waals surface area contributed by atoms with Crippen LogP contribution in [0.25, 0.3) is 27.7 Å². The molecule has 2 aromatic heterocycles. The SMILES string of the molecule is COc1nc2ccccc2cc1-c1cccc(-n2cnnc2)c1. The highest BCUT2D eigenvalue weighted by molar-refractivity contribution is 5.86. The number of pyridine rings is 1. The Kier molecular flexibility index (Phi) is 3.24. The molecule has 112 valence electrons. The number of rotatable bonds is 3. The second-order valence-electron chi connectivity index (χ2n) is 5.16. The fourth-order valence-electron chi connectivity index (χ4n) is 2.63. The van der Waals surface area contributed by atoms with Gasteiger partial charge in [0.05, 0.1) is 12.6 Å². The molecule has 0 atom stereocenters. The molecular formula is C18H14N4O. The zero-order valence-electron chi connectivity index (χ0n) is 12.5. The molecule has 0 unspecified atom stereocenters. The van der Waals surface area contributed by atoms with Gasteiger partial charge in [0.25, 0.3) is 0 Å². The predicted octanol–water partition coefficient (Wildman–Crippen LogP) is 3.49. The van der Waals surface area contributed by atoms with E-state index in [4.69, 9.17) is 4.74 Å². The van der Waals surface area contributed by atoms with E-state index in [9.17, 15) is 0 Å². The minimum atomic E-state index is 0.615. The minimum Gasteiger partial charge on any atom is -0.481 e. The number of nitrogens with zero attached hydrogens (tertiary/aromatic N) is 4. The van der Waals surface area contributed by atoms with Gasteiger partial charge in [0.1, 0.15) is 12.7 Å². The smallest absolute Gasteiger partial charge is 0.221 e. The molecule has 0 amide bonds. The van der Waals surface area contributed by atoms with Crippen molar-refractivity contribution in [2.75, 3.05) is 7.11 Å². The second kappa shape index (κ2) is 5.53. The van der Waals surface area contributed by atoms with Gasteiger partial charge in [0.15, 0.2) is 0 Å². The lowest BCUT2D eigenvalue weighted by atomic mass is 10.0. The first kappa shape index (κ1) is 13.5. The van der Waals surface area contributed by atoms with Crippen LogP contribution in [0.5, 0.6) is 5.88 Å². The number of ether oxygens (including phenoxy) is 1. The molecule has 5 nitrogen and oxygen atoms in total. The van der Waals surface area contributed by atoms with Crippen molar-refractivity contribution in [2.24, 2.45) is 0 Å². The molecule has 0 bridgehead atoms. The van der Waals surface area contributed by atoms with Gasteiger partial charge in [-0.25, -0.2) is 4.98 Å². The number of fused-ring (bicyclic) bond motifs is 1. The van der Waals surface area contributed by atoms with Crippen LogP contribution in [0, 0.1) is 0 Å². The summed E-state index contributed by atoms with van der Waals surface area (Å²) in [6, 6.07) is 18.2. The Bertz CT molecular complexity index is 964. The number of hydrogen-bond donors (Lipinski definition) is 0. The molecule has 0 aliphatic heterocycles. The number of methoxy groups -OCH3 is 1. The van der Waals surface area contributed by atoms with Gasteiger partial charge in [-0.1, -0.05) is 30.3 Å². The van der Waals surface area contributed by atoms with Gasteiger partial charge < -0.3 is 4.74 Å². The molecular weight excluding hydrogens is 288 g/mol. The Morgan fingerprint density at radius 3 is 2.57 bits per heavy atom. The lowest BCUT2D eigenvalue weighted by Gasteiger charge is -2.11. The summed E-state index contributed by atoms with van der Waals surface area (Å²) in [6.45, 7) is 0. The van der Waals surface area contributed by atoms with E-state index < -0.39 is 0 Å². The van der Waals surface area contributed by atoms with Gasteiger partial charge in [-0.05, 0) is 29.8 Å². The number of aromatic nitrogens is 4. The fraction of sp³-hybridized carbons (Fsp3) is 0.0556. The average Bonchev–Trinajstić information content (AvgIpc) is 3.15. The maximum absolute atomic E-state index is 5.50. The monoisotopic (exact) mass is 302 g/mol. The Morgan fingerprint density at radius 2 is 1.74 bits per heavy atom. The fourth-order valence-corrected chi connectivity index (χ4v) is 2.63. The molecule has 0 spiro atoms. The van der Waals surface area contributed by atoms with E-state index >= 15 is 0 Å². The highest BCUT2D eigenvalue weighted by Crippen LogP contribution is 2.32. The Balaban J connectivity index is 1.90. The van der Waals surface area contributed by atoms with Crippen molar-refractivity contribution in [2.45, 2.75) is 0 Å². The Hall–Kier alpha value is -3.21. The summed E-state index contributed by atoms with van der Waals surface area (Å²) in [5.41, 5.74) is 3.90. The lowest BCUT2D eigenvalue weighted by Crippen LogP contribution is -1.94. The van der Waals surface area contributed by atoms with Crippen molar-refractivity contribution in [3.63, 3.8) is 0 Å². The van der Waals surface area contributed by atoms with Crippen LogP contribution in [0.2, 0.25) is 0 Å². The quantitative estimate of drug-likeness (QED) is 0.581. The van der Waals surface area contributed by atoms with Crippen molar-refractivity contribution in [3.8, 4) is 22.7 Å². The largest absolute Gasteiger partial charge is 0.481 e. The number of benzene rings is 2. The van der Waals surface area contributed by atoms with Crippen LogP contribution in [0.4, 0.5) is 0 Å². The molecule has 0 fully saturated rings. The predicted molar refractivity (Wildman–Crippen MR) is 88.6 cm³/mol. The molecule has 4 rings (SSSR count). The van der Waals surface area contributed by atoms with E-state index in [0.29, 0.717) is 5.88 Å². The standard InChI is InChI=1S/C18H14N4O/c1-23-18-16(10-14-5-2-3-8-17(14)21-18)13-6-4-7-15(9-13)22-11-19-20-12-22/h2-12H,1H3. The van der Waals surface area contributed by atoms with Crippen molar-refractivity contribution in [3.05, 3.63) is 67.3 Å². The molecule has 5 heteroatoms. The van der Waals surface area contributed by atoms with E-state index in [0.717, 1.165) is 27.7 Å². The summed E-state index contributed by atoms with van der Waals surface area (Å²) >= 11 is 0. The first-order valence-corrected chi connectivity index (χ1v) is 7.24. The highest BCUT2D eigenvalue weighted by Gasteiger charge is 2.10. The number of para-hydroxylation sites is 1. The topological polar surface area (TPSA) is 52.8 Å². The van der Waals surface area contributed by atoms with Crippen LogP contribution >= 0.6 is 0 Å². The van der Waals surface area contributed by atoms with E-state index in [2.05, 4.69) is 33.4 Å². The Labute approximate surface area is 133 Å². The summed E-state index contributed by atoms with van der Waals surface area (Å²) < 4.78 is 7.36. The van der Waals surface area contributed by atoms with Gasteiger partial charge in [-0.3, -0.25) is 4.57 Å². The molecule has 23 heavy (non-hydrogen) atoms. The summed E-state index contributed by atoms with van der Waals surface area (Å²) in [5.74, 6) is 0.615. The molecule has 0 radical (unpaired) electrons. The molecule has 0 saturated carbocycles. The van der Waals surface area contributed by atoms with Crippen molar-refractivity contribution >= 4 is 10.9 Å². The average molecular weight is 302 g/mol. The third kappa shape index (κ3) is 2.42. The van der Waals surface area contributed by atoms with Crippen LogP contribution in [-0.4, -0.2) is 26.9 Å². The van der Waals surface area contributed by atoms with Gasteiger partial charge >= 0.3 is 0 Å². The van der Waals surface area contributed by atoms with Crippen molar-refractivity contribution in [1.82, 2.24) is 19.7 Å². The summed E-state index contributed by atoms with van der Waals surface area (Å²) in [6.07, 6.45) is 3.35. The van der Waals surface area contributed by atoms with E-state index in [1.54, 1.807) is 19.8 Å². The maximum atomic E-state index is 5.50. The van der Waals surface area contributed by atoms with Gasteiger partial charge in [-0.2, -0.15) is 0 Å². The maximum Gasteiger partial charge on any atom is 0.221 e.